The Hall–Kier alpha value is -1.17. The van der Waals surface area contributed by atoms with E-state index in [2.05, 4.69) is 17.1 Å². The summed E-state index contributed by atoms with van der Waals surface area (Å²) < 4.78 is 11.4. The van der Waals surface area contributed by atoms with Crippen LogP contribution in [0.3, 0.4) is 0 Å². The predicted molar refractivity (Wildman–Crippen MR) is 121 cm³/mol. The molecule has 4 nitrogen and oxygen atoms in total. The number of likely N-dealkylation sites (tertiary alicyclic amines) is 1. The highest BCUT2D eigenvalue weighted by atomic mass is 35.5. The highest BCUT2D eigenvalue weighted by Crippen LogP contribution is 2.37. The molecule has 3 rings (SSSR count). The summed E-state index contributed by atoms with van der Waals surface area (Å²) in [5.74, 6) is 1.12. The Balaban J connectivity index is 1.62. The van der Waals surface area contributed by atoms with E-state index in [0.29, 0.717) is 32.6 Å². The van der Waals surface area contributed by atoms with Crippen LogP contribution in [-0.4, -0.2) is 37.7 Å². The Bertz CT molecular complexity index is 832. The van der Waals surface area contributed by atoms with Gasteiger partial charge in [0, 0.05) is 34.7 Å². The van der Waals surface area contributed by atoms with Crippen LogP contribution in [0, 0.1) is 0 Å². The van der Waals surface area contributed by atoms with Crippen LogP contribution in [0.2, 0.25) is 15.1 Å². The molecule has 1 fully saturated rings. The van der Waals surface area contributed by atoms with Crippen molar-refractivity contribution in [3.05, 3.63) is 56.5 Å². The van der Waals surface area contributed by atoms with E-state index in [1.807, 2.05) is 18.2 Å². The maximum Gasteiger partial charge on any atom is 0.180 e. The second-order valence-corrected chi connectivity index (χ2v) is 8.44. The summed E-state index contributed by atoms with van der Waals surface area (Å²) in [7, 11) is 1.61. The number of rotatable bonds is 9. The molecule has 1 aliphatic heterocycles. The molecule has 0 unspecified atom stereocenters. The first kappa shape index (κ1) is 22.5. The van der Waals surface area contributed by atoms with Crippen LogP contribution in [0.1, 0.15) is 30.9 Å². The van der Waals surface area contributed by atoms with Crippen molar-refractivity contribution in [1.29, 1.82) is 0 Å². The molecule has 1 N–H and O–H groups in total. The van der Waals surface area contributed by atoms with Gasteiger partial charge in [0.25, 0.3) is 0 Å². The first-order valence-corrected chi connectivity index (χ1v) is 11.0. The number of hydrogen-bond acceptors (Lipinski definition) is 4. The SMILES string of the molecule is CCN1CCC[C@@H]1CNCc1cc(Cl)c(OCc2ccc(Cl)cc2Cl)c(OC)c1. The van der Waals surface area contributed by atoms with Crippen molar-refractivity contribution in [2.75, 3.05) is 26.7 Å². The number of hydrogen-bond donors (Lipinski definition) is 1. The normalized spacial score (nSPS) is 16.9. The number of nitrogens with one attached hydrogen (secondary N) is 1. The number of halogens is 3. The first-order valence-electron chi connectivity index (χ1n) is 9.89. The van der Waals surface area contributed by atoms with Gasteiger partial charge in [-0.05, 0) is 55.8 Å². The highest BCUT2D eigenvalue weighted by Gasteiger charge is 2.22. The molecule has 0 radical (unpaired) electrons. The lowest BCUT2D eigenvalue weighted by molar-refractivity contribution is 0.260. The quantitative estimate of drug-likeness (QED) is 0.515. The van der Waals surface area contributed by atoms with E-state index in [1.165, 1.54) is 19.4 Å². The molecule has 0 bridgehead atoms. The minimum absolute atomic E-state index is 0.276. The zero-order chi connectivity index (χ0) is 20.8. The van der Waals surface area contributed by atoms with Gasteiger partial charge in [0.05, 0.1) is 12.1 Å². The number of methoxy groups -OCH3 is 1. The summed E-state index contributed by atoms with van der Waals surface area (Å²) in [6.45, 7) is 6.51. The zero-order valence-corrected chi connectivity index (χ0v) is 19.1. The van der Waals surface area contributed by atoms with Gasteiger partial charge in [-0.3, -0.25) is 4.90 Å². The van der Waals surface area contributed by atoms with Gasteiger partial charge in [-0.15, -0.1) is 0 Å². The van der Waals surface area contributed by atoms with E-state index < -0.39 is 0 Å². The molecule has 0 spiro atoms. The molecule has 7 heteroatoms. The van der Waals surface area contributed by atoms with Crippen molar-refractivity contribution in [2.24, 2.45) is 0 Å². The molecule has 0 saturated carbocycles. The molecule has 0 aliphatic carbocycles. The lowest BCUT2D eigenvalue weighted by Gasteiger charge is -2.23. The fourth-order valence-electron chi connectivity index (χ4n) is 3.73. The summed E-state index contributed by atoms with van der Waals surface area (Å²) >= 11 is 18.7. The highest BCUT2D eigenvalue weighted by molar-refractivity contribution is 6.35. The number of nitrogens with zero attached hydrogens (tertiary/aromatic N) is 1. The third-order valence-electron chi connectivity index (χ3n) is 5.29. The van der Waals surface area contributed by atoms with Gasteiger partial charge in [0.2, 0.25) is 0 Å². The fraction of sp³-hybridized carbons (Fsp3) is 0.455. The standard InChI is InChI=1S/C22H27Cl3N2O2/c1-3-27-8-4-5-18(27)13-26-12-15-9-20(25)22(21(10-15)28-2)29-14-16-6-7-17(23)11-19(16)24/h6-7,9-11,18,26H,3-5,8,12-14H2,1-2H3/t18-/m1/s1. The van der Waals surface area contributed by atoms with Crippen molar-refractivity contribution < 1.29 is 9.47 Å². The molecule has 1 saturated heterocycles. The van der Waals surface area contributed by atoms with Gasteiger partial charge in [-0.2, -0.15) is 0 Å². The summed E-state index contributed by atoms with van der Waals surface area (Å²) in [6.07, 6.45) is 2.54. The zero-order valence-electron chi connectivity index (χ0n) is 16.8. The van der Waals surface area contributed by atoms with Crippen molar-refractivity contribution in [2.45, 2.75) is 39.0 Å². The third kappa shape index (κ3) is 5.93. The number of likely N-dealkylation sites (N-methyl/N-ethyl adjacent to an activating group) is 1. The summed E-state index contributed by atoms with van der Waals surface area (Å²) in [5, 5.41) is 5.21. The Labute approximate surface area is 188 Å². The summed E-state index contributed by atoms with van der Waals surface area (Å²) in [6, 6.07) is 9.81. The lowest BCUT2D eigenvalue weighted by Crippen LogP contribution is -2.37. The number of benzene rings is 2. The maximum absolute atomic E-state index is 6.50. The van der Waals surface area contributed by atoms with Crippen molar-refractivity contribution in [3.63, 3.8) is 0 Å². The Morgan fingerprint density at radius 3 is 2.69 bits per heavy atom. The van der Waals surface area contributed by atoms with E-state index in [-0.39, 0.29) is 6.61 Å². The average molecular weight is 458 g/mol. The van der Waals surface area contributed by atoms with Crippen molar-refractivity contribution >= 4 is 34.8 Å². The maximum atomic E-state index is 6.50. The molecular weight excluding hydrogens is 431 g/mol. The second kappa shape index (κ2) is 10.7. The topological polar surface area (TPSA) is 33.7 Å². The monoisotopic (exact) mass is 456 g/mol. The fourth-order valence-corrected chi connectivity index (χ4v) is 4.48. The van der Waals surface area contributed by atoms with Crippen LogP contribution in [0.5, 0.6) is 11.5 Å². The van der Waals surface area contributed by atoms with E-state index in [0.717, 1.165) is 30.8 Å². The lowest BCUT2D eigenvalue weighted by atomic mass is 10.1. The van der Waals surface area contributed by atoms with Gasteiger partial charge in [0.1, 0.15) is 6.61 Å². The molecule has 0 amide bonds. The van der Waals surface area contributed by atoms with Crippen LogP contribution >= 0.6 is 34.8 Å². The third-order valence-corrected chi connectivity index (χ3v) is 6.16. The minimum Gasteiger partial charge on any atom is -0.493 e. The van der Waals surface area contributed by atoms with E-state index in [1.54, 1.807) is 19.2 Å². The Kier molecular flexibility index (Phi) is 8.34. The summed E-state index contributed by atoms with van der Waals surface area (Å²) in [5.41, 5.74) is 1.89. The van der Waals surface area contributed by atoms with Crippen LogP contribution in [-0.2, 0) is 13.2 Å². The molecule has 2 aromatic rings. The number of ether oxygens (including phenoxy) is 2. The molecule has 158 valence electrons. The van der Waals surface area contributed by atoms with E-state index in [4.69, 9.17) is 44.3 Å². The first-order chi connectivity index (χ1) is 14.0. The summed E-state index contributed by atoms with van der Waals surface area (Å²) in [4.78, 5) is 2.53. The predicted octanol–water partition coefficient (Wildman–Crippen LogP) is 5.81. The van der Waals surface area contributed by atoms with Gasteiger partial charge in [-0.25, -0.2) is 0 Å². The molecular formula is C22H27Cl3N2O2. The van der Waals surface area contributed by atoms with Gasteiger partial charge in [-0.1, -0.05) is 47.8 Å². The van der Waals surface area contributed by atoms with Crippen LogP contribution in [0.4, 0.5) is 0 Å². The Morgan fingerprint density at radius 1 is 1.14 bits per heavy atom. The molecule has 1 aliphatic rings. The van der Waals surface area contributed by atoms with Gasteiger partial charge < -0.3 is 14.8 Å². The van der Waals surface area contributed by atoms with Gasteiger partial charge in [0.15, 0.2) is 11.5 Å². The minimum atomic E-state index is 0.276. The van der Waals surface area contributed by atoms with Crippen LogP contribution < -0.4 is 14.8 Å². The van der Waals surface area contributed by atoms with Crippen molar-refractivity contribution in [3.8, 4) is 11.5 Å². The average Bonchev–Trinajstić information content (AvgIpc) is 3.15. The second-order valence-electron chi connectivity index (χ2n) is 7.19. The Morgan fingerprint density at radius 2 is 1.97 bits per heavy atom. The van der Waals surface area contributed by atoms with Crippen LogP contribution in [0.15, 0.2) is 30.3 Å². The van der Waals surface area contributed by atoms with E-state index >= 15 is 0 Å². The smallest absolute Gasteiger partial charge is 0.180 e. The molecule has 0 aromatic heterocycles. The van der Waals surface area contributed by atoms with Crippen LogP contribution in [0.25, 0.3) is 0 Å². The molecule has 29 heavy (non-hydrogen) atoms. The molecule has 2 aromatic carbocycles. The largest absolute Gasteiger partial charge is 0.493 e. The van der Waals surface area contributed by atoms with Gasteiger partial charge >= 0.3 is 0 Å². The molecule has 1 heterocycles. The van der Waals surface area contributed by atoms with E-state index in [9.17, 15) is 0 Å². The molecule has 1 atom stereocenters. The van der Waals surface area contributed by atoms with Crippen molar-refractivity contribution in [1.82, 2.24) is 10.2 Å².